The Morgan fingerprint density at radius 1 is 0.622 bits per heavy atom. The first kappa shape index (κ1) is 36.1. The lowest BCUT2D eigenvalue weighted by Gasteiger charge is -2.22. The number of amides is 1. The molecule has 0 rings (SSSR count). The predicted molar refractivity (Wildman–Crippen MR) is 161 cm³/mol. The molecule has 0 spiro atoms. The fourth-order valence-electron chi connectivity index (χ4n) is 4.94. The van der Waals surface area contributed by atoms with Crippen LogP contribution < -0.4 is 5.32 Å². The van der Waals surface area contributed by atoms with E-state index in [0.29, 0.717) is 12.8 Å². The number of carbonyl (C=O) groups is 1. The molecule has 0 unspecified atom stereocenters. The van der Waals surface area contributed by atoms with E-state index < -0.39 is 12.1 Å². The normalized spacial score (nSPS) is 13.3. The van der Waals surface area contributed by atoms with Crippen LogP contribution in [0.15, 0.2) is 12.2 Å². The van der Waals surface area contributed by atoms with E-state index in [2.05, 4.69) is 31.3 Å². The third kappa shape index (κ3) is 26.5. The SMILES string of the molecule is CCCCCCCC/C=C\CCCCCCCC(=O)N[C@@H](CO)[C@H](O)CCCCCCCCCCCC. The molecule has 0 aromatic heterocycles. The van der Waals surface area contributed by atoms with Crippen molar-refractivity contribution in [3.8, 4) is 0 Å². The second kappa shape index (κ2) is 29.7. The molecule has 0 bridgehead atoms. The number of aliphatic hydroxyl groups excluding tert-OH is 2. The van der Waals surface area contributed by atoms with Crippen molar-refractivity contribution in [2.24, 2.45) is 0 Å². The Morgan fingerprint density at radius 3 is 1.49 bits per heavy atom. The summed E-state index contributed by atoms with van der Waals surface area (Å²) < 4.78 is 0. The summed E-state index contributed by atoms with van der Waals surface area (Å²) >= 11 is 0. The van der Waals surface area contributed by atoms with Gasteiger partial charge >= 0.3 is 0 Å². The summed E-state index contributed by atoms with van der Waals surface area (Å²) in [5, 5.41) is 22.9. The van der Waals surface area contributed by atoms with E-state index in [0.717, 1.165) is 25.7 Å². The van der Waals surface area contributed by atoms with Crippen molar-refractivity contribution in [3.05, 3.63) is 12.2 Å². The van der Waals surface area contributed by atoms with E-state index in [-0.39, 0.29) is 12.5 Å². The summed E-state index contributed by atoms with van der Waals surface area (Å²) in [7, 11) is 0. The Balaban J connectivity index is 3.60. The summed E-state index contributed by atoms with van der Waals surface area (Å²) in [5.74, 6) is -0.0428. The highest BCUT2D eigenvalue weighted by atomic mass is 16.3. The van der Waals surface area contributed by atoms with Gasteiger partial charge in [0, 0.05) is 6.42 Å². The number of unbranched alkanes of at least 4 members (excludes halogenated alkanes) is 20. The summed E-state index contributed by atoms with van der Waals surface area (Å²) in [6.45, 7) is 4.32. The highest BCUT2D eigenvalue weighted by molar-refractivity contribution is 5.76. The largest absolute Gasteiger partial charge is 0.394 e. The van der Waals surface area contributed by atoms with Gasteiger partial charge in [-0.1, -0.05) is 142 Å². The number of rotatable bonds is 29. The maximum Gasteiger partial charge on any atom is 0.220 e. The van der Waals surface area contributed by atoms with Gasteiger partial charge in [0.15, 0.2) is 0 Å². The van der Waals surface area contributed by atoms with Crippen molar-refractivity contribution < 1.29 is 15.0 Å². The number of carbonyl (C=O) groups excluding carboxylic acids is 1. The van der Waals surface area contributed by atoms with Crippen LogP contribution in [0.1, 0.15) is 174 Å². The summed E-state index contributed by atoms with van der Waals surface area (Å²) in [6, 6.07) is -0.533. The fraction of sp³-hybridized carbons (Fsp3) is 0.909. The Hall–Kier alpha value is -0.870. The third-order valence-corrected chi connectivity index (χ3v) is 7.53. The maximum atomic E-state index is 12.3. The standard InChI is InChI=1S/C33H65NO3/c1-3-5-7-9-11-13-15-16-17-18-19-21-23-25-27-29-33(37)34-31(30-35)32(36)28-26-24-22-20-14-12-10-8-6-4-2/h16-17,31-32,35-36H,3-15,18-30H2,1-2H3,(H,34,37)/b17-16-/t31-,32+/m0/s1. The molecular weight excluding hydrogens is 458 g/mol. The maximum absolute atomic E-state index is 12.3. The smallest absolute Gasteiger partial charge is 0.220 e. The molecule has 0 aliphatic heterocycles. The van der Waals surface area contributed by atoms with Crippen LogP contribution in [0, 0.1) is 0 Å². The number of allylic oxidation sites excluding steroid dienone is 2. The topological polar surface area (TPSA) is 69.6 Å². The Morgan fingerprint density at radius 2 is 1.03 bits per heavy atom. The van der Waals surface area contributed by atoms with Crippen LogP contribution in [0.4, 0.5) is 0 Å². The quantitative estimate of drug-likeness (QED) is 0.0676. The molecule has 0 heterocycles. The van der Waals surface area contributed by atoms with E-state index >= 15 is 0 Å². The minimum Gasteiger partial charge on any atom is -0.394 e. The molecule has 0 aliphatic carbocycles. The van der Waals surface area contributed by atoms with Crippen molar-refractivity contribution in [2.45, 2.75) is 187 Å². The van der Waals surface area contributed by atoms with Crippen molar-refractivity contribution >= 4 is 5.91 Å². The summed E-state index contributed by atoms with van der Waals surface area (Å²) in [5.41, 5.74) is 0. The van der Waals surface area contributed by atoms with Crippen molar-refractivity contribution in [1.82, 2.24) is 5.32 Å². The zero-order valence-corrected chi connectivity index (χ0v) is 25.0. The van der Waals surface area contributed by atoms with Crippen molar-refractivity contribution in [1.29, 1.82) is 0 Å². The first-order valence-corrected chi connectivity index (χ1v) is 16.4. The molecular formula is C33H65NO3. The van der Waals surface area contributed by atoms with Gasteiger partial charge in [-0.15, -0.1) is 0 Å². The Labute approximate surface area is 231 Å². The van der Waals surface area contributed by atoms with Crippen molar-refractivity contribution in [3.63, 3.8) is 0 Å². The van der Waals surface area contributed by atoms with Crippen LogP contribution >= 0.6 is 0 Å². The van der Waals surface area contributed by atoms with Gasteiger partial charge in [0.25, 0.3) is 0 Å². The summed E-state index contributed by atoms with van der Waals surface area (Å²) in [6.07, 6.45) is 34.0. The zero-order chi connectivity index (χ0) is 27.2. The molecule has 2 atom stereocenters. The lowest BCUT2D eigenvalue weighted by molar-refractivity contribution is -0.123. The first-order valence-electron chi connectivity index (χ1n) is 16.4. The van der Waals surface area contributed by atoms with Gasteiger partial charge in [-0.05, 0) is 38.5 Å². The van der Waals surface area contributed by atoms with E-state index in [1.54, 1.807) is 0 Å². The van der Waals surface area contributed by atoms with Crippen LogP contribution in [0.5, 0.6) is 0 Å². The molecule has 4 heteroatoms. The molecule has 0 saturated heterocycles. The van der Waals surface area contributed by atoms with Crippen LogP contribution in [-0.4, -0.2) is 34.9 Å². The van der Waals surface area contributed by atoms with E-state index in [9.17, 15) is 15.0 Å². The molecule has 0 aromatic rings. The minimum absolute atomic E-state index is 0.0428. The van der Waals surface area contributed by atoms with Crippen LogP contribution in [0.3, 0.4) is 0 Å². The lowest BCUT2D eigenvalue weighted by atomic mass is 10.0. The van der Waals surface area contributed by atoms with Crippen LogP contribution in [-0.2, 0) is 4.79 Å². The van der Waals surface area contributed by atoms with Crippen molar-refractivity contribution in [2.75, 3.05) is 6.61 Å². The zero-order valence-electron chi connectivity index (χ0n) is 25.0. The van der Waals surface area contributed by atoms with Gasteiger partial charge in [0.05, 0.1) is 18.8 Å². The highest BCUT2D eigenvalue weighted by Gasteiger charge is 2.19. The van der Waals surface area contributed by atoms with Gasteiger partial charge < -0.3 is 15.5 Å². The second-order valence-corrected chi connectivity index (χ2v) is 11.2. The van der Waals surface area contributed by atoms with Gasteiger partial charge in [0.1, 0.15) is 0 Å². The van der Waals surface area contributed by atoms with E-state index in [4.69, 9.17) is 0 Å². The average molecular weight is 524 g/mol. The molecule has 0 fully saturated rings. The Bertz CT molecular complexity index is 494. The molecule has 37 heavy (non-hydrogen) atoms. The molecule has 220 valence electrons. The number of nitrogens with one attached hydrogen (secondary N) is 1. The van der Waals surface area contributed by atoms with E-state index in [1.807, 2.05) is 0 Å². The van der Waals surface area contributed by atoms with Gasteiger partial charge in [-0.2, -0.15) is 0 Å². The summed E-state index contributed by atoms with van der Waals surface area (Å²) in [4.78, 5) is 12.3. The third-order valence-electron chi connectivity index (χ3n) is 7.53. The Kier molecular flexibility index (Phi) is 29.0. The van der Waals surface area contributed by atoms with Crippen LogP contribution in [0.25, 0.3) is 0 Å². The van der Waals surface area contributed by atoms with Gasteiger partial charge in [-0.3, -0.25) is 4.79 Å². The molecule has 0 aliphatic rings. The highest BCUT2D eigenvalue weighted by Crippen LogP contribution is 2.14. The number of hydrogen-bond donors (Lipinski definition) is 3. The number of aliphatic hydroxyl groups is 2. The molecule has 1 amide bonds. The first-order chi connectivity index (χ1) is 18.2. The molecule has 4 nitrogen and oxygen atoms in total. The average Bonchev–Trinajstić information content (AvgIpc) is 2.90. The van der Waals surface area contributed by atoms with E-state index in [1.165, 1.54) is 122 Å². The second-order valence-electron chi connectivity index (χ2n) is 11.2. The fourth-order valence-corrected chi connectivity index (χ4v) is 4.94. The van der Waals surface area contributed by atoms with Crippen LogP contribution in [0.2, 0.25) is 0 Å². The lowest BCUT2D eigenvalue weighted by Crippen LogP contribution is -2.45. The van der Waals surface area contributed by atoms with Gasteiger partial charge in [-0.25, -0.2) is 0 Å². The molecule has 0 radical (unpaired) electrons. The monoisotopic (exact) mass is 523 g/mol. The molecule has 3 N–H and O–H groups in total. The minimum atomic E-state index is -0.655. The molecule has 0 aromatic carbocycles. The van der Waals surface area contributed by atoms with Gasteiger partial charge in [0.2, 0.25) is 5.91 Å². The molecule has 0 saturated carbocycles. The number of hydrogen-bond acceptors (Lipinski definition) is 3. The predicted octanol–water partition coefficient (Wildman–Crippen LogP) is 9.17.